The van der Waals surface area contributed by atoms with E-state index in [0.717, 1.165) is 4.31 Å². The molecule has 0 saturated carbocycles. The van der Waals surface area contributed by atoms with Gasteiger partial charge in [-0.15, -0.1) is 0 Å². The minimum Gasteiger partial charge on any atom is -0.505 e. The Bertz CT molecular complexity index is 1040. The largest absolute Gasteiger partial charge is 0.505 e. The molecule has 8 heteroatoms. The van der Waals surface area contributed by atoms with Gasteiger partial charge in [-0.3, -0.25) is 13.9 Å². The van der Waals surface area contributed by atoms with E-state index in [0.29, 0.717) is 0 Å². The quantitative estimate of drug-likeness (QED) is 0.623. The molecule has 0 spiro atoms. The number of likely N-dealkylation sites (N-methyl/N-ethyl adjacent to an activating group) is 1. The summed E-state index contributed by atoms with van der Waals surface area (Å²) in [5.41, 5.74) is 5.04. The third-order valence-corrected chi connectivity index (χ3v) is 5.76. The molecule has 0 unspecified atom stereocenters. The number of Topliss-reactive ketones (excluding diaryl/α,β-unsaturated/α-hetero) is 1. The van der Waals surface area contributed by atoms with Crippen LogP contribution in [0.1, 0.15) is 26.3 Å². The molecule has 3 rings (SSSR count). The van der Waals surface area contributed by atoms with Crippen LogP contribution >= 0.6 is 0 Å². The van der Waals surface area contributed by atoms with E-state index in [9.17, 15) is 23.1 Å². The summed E-state index contributed by atoms with van der Waals surface area (Å²) in [6.45, 7) is 0. The molecule has 2 aromatic rings. The summed E-state index contributed by atoms with van der Waals surface area (Å²) in [7, 11) is -2.79. The molecule has 25 heavy (non-hydrogen) atoms. The number of fused-ring (bicyclic) bond motifs is 1. The summed E-state index contributed by atoms with van der Waals surface area (Å²) in [5, 5.41) is 10.6. The third-order valence-electron chi connectivity index (χ3n) is 3.94. The van der Waals surface area contributed by atoms with Gasteiger partial charge >= 0.3 is 0 Å². The predicted molar refractivity (Wildman–Crippen MR) is 90.2 cm³/mol. The Kier molecular flexibility index (Phi) is 3.84. The minimum absolute atomic E-state index is 0.0202. The Hall–Kier alpha value is -3.13. The van der Waals surface area contributed by atoms with Gasteiger partial charge in [0.2, 0.25) is 11.7 Å². The number of ketones is 1. The summed E-state index contributed by atoms with van der Waals surface area (Å²) in [5.74, 6) is -1.88. The van der Waals surface area contributed by atoms with E-state index in [-0.39, 0.29) is 27.3 Å². The van der Waals surface area contributed by atoms with Gasteiger partial charge in [0.05, 0.1) is 4.90 Å². The number of nitrogens with zero attached hydrogens (tertiary/aromatic N) is 1. The highest BCUT2D eigenvalue weighted by atomic mass is 32.2. The van der Waals surface area contributed by atoms with Gasteiger partial charge in [0, 0.05) is 23.7 Å². The van der Waals surface area contributed by atoms with Crippen molar-refractivity contribution in [3.05, 3.63) is 70.9 Å². The highest BCUT2D eigenvalue weighted by Gasteiger charge is 2.39. The van der Waals surface area contributed by atoms with Crippen LogP contribution in [0.5, 0.6) is 0 Å². The summed E-state index contributed by atoms with van der Waals surface area (Å²) in [4.78, 5) is 23.9. The first kappa shape index (κ1) is 16.7. The first-order chi connectivity index (χ1) is 11.7. The molecular weight excluding hydrogens is 344 g/mol. The molecule has 1 heterocycles. The van der Waals surface area contributed by atoms with Gasteiger partial charge in [0.25, 0.3) is 10.0 Å². The second kappa shape index (κ2) is 5.75. The Labute approximate surface area is 144 Å². The topological polar surface area (TPSA) is 118 Å². The van der Waals surface area contributed by atoms with E-state index in [2.05, 4.69) is 0 Å². The summed E-state index contributed by atoms with van der Waals surface area (Å²) in [6.07, 6.45) is 0. The Morgan fingerprint density at radius 1 is 1.08 bits per heavy atom. The van der Waals surface area contributed by atoms with E-state index in [1.807, 2.05) is 0 Å². The van der Waals surface area contributed by atoms with Crippen LogP contribution in [0.15, 0.2) is 59.1 Å². The molecule has 128 valence electrons. The fourth-order valence-electron chi connectivity index (χ4n) is 2.63. The van der Waals surface area contributed by atoms with Crippen molar-refractivity contribution in [2.24, 2.45) is 5.73 Å². The van der Waals surface area contributed by atoms with Gasteiger partial charge in [0.1, 0.15) is 5.70 Å². The SMILES string of the molecule is CN1/C(=C(/O)c2cccc(C(N)=O)c2)C(=O)c2ccccc2S1(=O)=O. The number of aliphatic hydroxyl groups is 1. The van der Waals surface area contributed by atoms with Crippen molar-refractivity contribution in [2.45, 2.75) is 4.90 Å². The first-order valence-corrected chi connectivity index (χ1v) is 8.65. The maximum Gasteiger partial charge on any atom is 0.265 e. The molecule has 0 aliphatic carbocycles. The van der Waals surface area contributed by atoms with Crippen LogP contribution in [0.25, 0.3) is 5.76 Å². The fourth-order valence-corrected chi connectivity index (χ4v) is 4.02. The van der Waals surface area contributed by atoms with Crippen LogP contribution in [0.4, 0.5) is 0 Å². The van der Waals surface area contributed by atoms with Crippen LogP contribution in [-0.2, 0) is 10.0 Å². The second-order valence-corrected chi connectivity index (χ2v) is 7.38. The fraction of sp³-hybridized carbons (Fsp3) is 0.0588. The van der Waals surface area contributed by atoms with Gasteiger partial charge in [-0.05, 0) is 24.3 Å². The zero-order valence-corrected chi connectivity index (χ0v) is 13.9. The smallest absolute Gasteiger partial charge is 0.265 e. The molecule has 0 bridgehead atoms. The molecule has 1 aliphatic heterocycles. The van der Waals surface area contributed by atoms with Crippen molar-refractivity contribution in [2.75, 3.05) is 7.05 Å². The number of sulfonamides is 1. The Morgan fingerprint density at radius 3 is 2.40 bits per heavy atom. The summed E-state index contributed by atoms with van der Waals surface area (Å²) < 4.78 is 26.0. The van der Waals surface area contributed by atoms with Gasteiger partial charge in [-0.1, -0.05) is 24.3 Å². The average molecular weight is 358 g/mol. The second-order valence-electron chi connectivity index (χ2n) is 5.44. The predicted octanol–water partition coefficient (Wildman–Crippen LogP) is 1.53. The standard InChI is InChI=1S/C17H14N2O5S/c1-19-14(15(20)10-5-4-6-11(9-10)17(18)22)16(21)12-7-2-3-8-13(12)25(19,23)24/h2-9,20H,1H3,(H2,18,22)/b15-14+. The number of primary amides is 1. The molecule has 0 fully saturated rings. The van der Waals surface area contributed by atoms with E-state index in [4.69, 9.17) is 5.73 Å². The number of hydrogen-bond donors (Lipinski definition) is 2. The number of amides is 1. The van der Waals surface area contributed by atoms with E-state index in [1.54, 1.807) is 6.07 Å². The lowest BCUT2D eigenvalue weighted by Gasteiger charge is -2.28. The number of carbonyl (C=O) groups is 2. The number of nitrogens with two attached hydrogens (primary N) is 1. The lowest BCUT2D eigenvalue weighted by atomic mass is 10.0. The monoisotopic (exact) mass is 358 g/mol. The lowest BCUT2D eigenvalue weighted by molar-refractivity contribution is 0.0994. The number of rotatable bonds is 2. The van der Waals surface area contributed by atoms with Gasteiger partial charge in [-0.2, -0.15) is 0 Å². The molecule has 3 N–H and O–H groups in total. The first-order valence-electron chi connectivity index (χ1n) is 7.21. The number of benzene rings is 2. The van der Waals surface area contributed by atoms with Crippen LogP contribution in [-0.4, -0.2) is 36.6 Å². The lowest BCUT2D eigenvalue weighted by Crippen LogP contribution is -2.37. The van der Waals surface area contributed by atoms with Crippen molar-refractivity contribution in [3.8, 4) is 0 Å². The highest BCUT2D eigenvalue weighted by molar-refractivity contribution is 7.89. The van der Waals surface area contributed by atoms with Crippen LogP contribution in [0.2, 0.25) is 0 Å². The zero-order valence-electron chi connectivity index (χ0n) is 13.1. The number of allylic oxidation sites excluding steroid dienone is 1. The molecule has 0 radical (unpaired) electrons. The van der Waals surface area contributed by atoms with E-state index in [1.165, 1.54) is 49.5 Å². The number of aliphatic hydroxyl groups excluding tert-OH is 1. The molecule has 0 aromatic heterocycles. The number of hydrogen-bond acceptors (Lipinski definition) is 5. The van der Waals surface area contributed by atoms with Gasteiger partial charge < -0.3 is 10.8 Å². The van der Waals surface area contributed by atoms with Crippen molar-refractivity contribution in [3.63, 3.8) is 0 Å². The summed E-state index contributed by atoms with van der Waals surface area (Å²) >= 11 is 0. The third kappa shape index (κ3) is 2.56. The minimum atomic E-state index is -3.98. The highest BCUT2D eigenvalue weighted by Crippen LogP contribution is 2.34. The van der Waals surface area contributed by atoms with Crippen LogP contribution in [0, 0.1) is 0 Å². The Morgan fingerprint density at radius 2 is 1.72 bits per heavy atom. The van der Waals surface area contributed by atoms with E-state index < -0.39 is 27.5 Å². The molecule has 0 atom stereocenters. The molecular formula is C17H14N2O5S. The maximum absolute atomic E-state index is 12.7. The van der Waals surface area contributed by atoms with Crippen molar-refractivity contribution in [1.82, 2.24) is 4.31 Å². The van der Waals surface area contributed by atoms with Crippen molar-refractivity contribution < 1.29 is 23.1 Å². The van der Waals surface area contributed by atoms with Crippen LogP contribution < -0.4 is 5.73 Å². The molecule has 7 nitrogen and oxygen atoms in total. The molecule has 0 saturated heterocycles. The normalized spacial score (nSPS) is 17.8. The Balaban J connectivity index is 2.26. The molecule has 2 aromatic carbocycles. The molecule has 1 aliphatic rings. The number of carbonyl (C=O) groups excluding carboxylic acids is 2. The van der Waals surface area contributed by atoms with Crippen molar-refractivity contribution >= 4 is 27.5 Å². The van der Waals surface area contributed by atoms with Gasteiger partial charge in [0.15, 0.2) is 5.76 Å². The van der Waals surface area contributed by atoms with Crippen molar-refractivity contribution in [1.29, 1.82) is 0 Å². The summed E-state index contributed by atoms with van der Waals surface area (Å²) in [6, 6.07) is 11.4. The van der Waals surface area contributed by atoms with E-state index >= 15 is 0 Å². The maximum atomic E-state index is 12.7. The zero-order chi connectivity index (χ0) is 18.4. The average Bonchev–Trinajstić information content (AvgIpc) is 2.60. The van der Waals surface area contributed by atoms with Crippen LogP contribution in [0.3, 0.4) is 0 Å². The molecule has 1 amide bonds. The van der Waals surface area contributed by atoms with Gasteiger partial charge in [-0.25, -0.2) is 8.42 Å².